The standard InChI is InChI=1S/C11H15NO/c1-3-9(11(13)4-2)10-7-5-6-8-12-10/h5-8,13H,3-4H2,1-2H3/b11-9-. The Kier molecular flexibility index (Phi) is 3.50. The predicted octanol–water partition coefficient (Wildman–Crippen LogP) is 3.17. The van der Waals surface area contributed by atoms with Gasteiger partial charge in [-0.2, -0.15) is 0 Å². The van der Waals surface area contributed by atoms with Crippen LogP contribution < -0.4 is 0 Å². The second-order valence-electron chi connectivity index (χ2n) is 2.85. The van der Waals surface area contributed by atoms with Crippen molar-refractivity contribution in [3.8, 4) is 0 Å². The highest BCUT2D eigenvalue weighted by Crippen LogP contribution is 2.19. The third-order valence-corrected chi connectivity index (χ3v) is 2.01. The Morgan fingerprint density at radius 1 is 1.31 bits per heavy atom. The Balaban J connectivity index is 3.05. The molecule has 1 heterocycles. The monoisotopic (exact) mass is 177 g/mol. The summed E-state index contributed by atoms with van der Waals surface area (Å²) in [5.41, 5.74) is 1.83. The minimum atomic E-state index is 0.446. The van der Waals surface area contributed by atoms with E-state index in [1.807, 2.05) is 32.0 Å². The van der Waals surface area contributed by atoms with Crippen LogP contribution in [0.5, 0.6) is 0 Å². The average Bonchev–Trinajstić information content (AvgIpc) is 2.20. The number of hydrogen-bond donors (Lipinski definition) is 1. The van der Waals surface area contributed by atoms with Crippen LogP contribution in [-0.4, -0.2) is 10.1 Å². The van der Waals surface area contributed by atoms with Gasteiger partial charge in [0.2, 0.25) is 0 Å². The van der Waals surface area contributed by atoms with Crippen LogP contribution in [0.15, 0.2) is 30.2 Å². The van der Waals surface area contributed by atoms with Crippen molar-refractivity contribution in [3.05, 3.63) is 35.8 Å². The van der Waals surface area contributed by atoms with E-state index in [1.165, 1.54) is 0 Å². The van der Waals surface area contributed by atoms with Crippen LogP contribution in [0, 0.1) is 0 Å². The molecular formula is C11H15NO. The summed E-state index contributed by atoms with van der Waals surface area (Å²) in [6.45, 7) is 3.96. The highest BCUT2D eigenvalue weighted by atomic mass is 16.3. The molecule has 0 spiro atoms. The van der Waals surface area contributed by atoms with E-state index in [0.717, 1.165) is 17.7 Å². The molecule has 0 aliphatic rings. The van der Waals surface area contributed by atoms with Crippen LogP contribution >= 0.6 is 0 Å². The van der Waals surface area contributed by atoms with Crippen LogP contribution in [0.25, 0.3) is 5.57 Å². The number of nitrogens with zero attached hydrogens (tertiary/aromatic N) is 1. The molecule has 1 rings (SSSR count). The van der Waals surface area contributed by atoms with Crippen molar-refractivity contribution in [3.63, 3.8) is 0 Å². The summed E-state index contributed by atoms with van der Waals surface area (Å²) in [5.74, 6) is 0.446. The third-order valence-electron chi connectivity index (χ3n) is 2.01. The Hall–Kier alpha value is -1.31. The Morgan fingerprint density at radius 2 is 2.08 bits per heavy atom. The highest BCUT2D eigenvalue weighted by molar-refractivity contribution is 5.63. The smallest absolute Gasteiger partial charge is 0.0973 e. The lowest BCUT2D eigenvalue weighted by Gasteiger charge is -2.06. The molecule has 0 aliphatic carbocycles. The fourth-order valence-electron chi connectivity index (χ4n) is 1.29. The van der Waals surface area contributed by atoms with Crippen LogP contribution in [-0.2, 0) is 0 Å². The topological polar surface area (TPSA) is 33.1 Å². The zero-order chi connectivity index (χ0) is 9.68. The van der Waals surface area contributed by atoms with Gasteiger partial charge in [-0.3, -0.25) is 4.98 Å². The zero-order valence-electron chi connectivity index (χ0n) is 8.12. The fourth-order valence-corrected chi connectivity index (χ4v) is 1.29. The first-order valence-corrected chi connectivity index (χ1v) is 4.62. The number of rotatable bonds is 3. The van der Waals surface area contributed by atoms with Crippen LogP contribution in [0.3, 0.4) is 0 Å². The summed E-state index contributed by atoms with van der Waals surface area (Å²) in [7, 11) is 0. The second-order valence-corrected chi connectivity index (χ2v) is 2.85. The summed E-state index contributed by atoms with van der Waals surface area (Å²) in [5, 5.41) is 9.61. The lowest BCUT2D eigenvalue weighted by molar-refractivity contribution is 0.396. The van der Waals surface area contributed by atoms with E-state index in [1.54, 1.807) is 6.20 Å². The van der Waals surface area contributed by atoms with Gasteiger partial charge in [-0.05, 0) is 18.6 Å². The lowest BCUT2D eigenvalue weighted by atomic mass is 10.1. The summed E-state index contributed by atoms with van der Waals surface area (Å²) < 4.78 is 0. The Labute approximate surface area is 78.9 Å². The third kappa shape index (κ3) is 2.31. The van der Waals surface area contributed by atoms with Gasteiger partial charge in [-0.25, -0.2) is 0 Å². The van der Waals surface area contributed by atoms with Crippen molar-refractivity contribution in [2.45, 2.75) is 26.7 Å². The largest absolute Gasteiger partial charge is 0.512 e. The molecule has 2 nitrogen and oxygen atoms in total. The van der Waals surface area contributed by atoms with E-state index in [0.29, 0.717) is 12.2 Å². The molecule has 0 amide bonds. The van der Waals surface area contributed by atoms with E-state index in [-0.39, 0.29) is 0 Å². The van der Waals surface area contributed by atoms with Gasteiger partial charge in [0, 0.05) is 18.2 Å². The van der Waals surface area contributed by atoms with Crippen LogP contribution in [0.2, 0.25) is 0 Å². The summed E-state index contributed by atoms with van der Waals surface area (Å²) >= 11 is 0. The summed E-state index contributed by atoms with van der Waals surface area (Å²) in [4.78, 5) is 4.20. The minimum Gasteiger partial charge on any atom is -0.512 e. The molecule has 1 aromatic heterocycles. The van der Waals surface area contributed by atoms with E-state index >= 15 is 0 Å². The Morgan fingerprint density at radius 3 is 2.54 bits per heavy atom. The lowest BCUT2D eigenvalue weighted by Crippen LogP contribution is -1.92. The first-order valence-electron chi connectivity index (χ1n) is 4.62. The quantitative estimate of drug-likeness (QED) is 0.719. The van der Waals surface area contributed by atoms with Crippen LogP contribution in [0.4, 0.5) is 0 Å². The predicted molar refractivity (Wildman–Crippen MR) is 54.4 cm³/mol. The molecule has 2 heteroatoms. The molecular weight excluding hydrogens is 162 g/mol. The zero-order valence-corrected chi connectivity index (χ0v) is 8.12. The van der Waals surface area contributed by atoms with E-state index in [2.05, 4.69) is 4.98 Å². The molecule has 0 unspecified atom stereocenters. The van der Waals surface area contributed by atoms with Crippen molar-refractivity contribution in [1.82, 2.24) is 4.98 Å². The SMILES string of the molecule is CC/C(O)=C(\CC)c1ccccn1. The summed E-state index contributed by atoms with van der Waals surface area (Å²) in [6, 6.07) is 5.73. The van der Waals surface area contributed by atoms with Crippen LogP contribution in [0.1, 0.15) is 32.4 Å². The van der Waals surface area contributed by atoms with Crippen molar-refractivity contribution >= 4 is 5.57 Å². The molecule has 0 aromatic carbocycles. The normalized spacial score (nSPS) is 12.5. The number of aliphatic hydroxyl groups is 1. The first kappa shape index (κ1) is 9.78. The van der Waals surface area contributed by atoms with Gasteiger partial charge in [0.05, 0.1) is 11.5 Å². The molecule has 0 saturated heterocycles. The van der Waals surface area contributed by atoms with Gasteiger partial charge >= 0.3 is 0 Å². The van der Waals surface area contributed by atoms with Crippen molar-refractivity contribution in [1.29, 1.82) is 0 Å². The fraction of sp³-hybridized carbons (Fsp3) is 0.364. The van der Waals surface area contributed by atoms with Gasteiger partial charge in [0.1, 0.15) is 0 Å². The first-order chi connectivity index (χ1) is 6.29. The van der Waals surface area contributed by atoms with Crippen molar-refractivity contribution in [2.24, 2.45) is 0 Å². The molecule has 0 bridgehead atoms. The van der Waals surface area contributed by atoms with Crippen molar-refractivity contribution < 1.29 is 5.11 Å². The molecule has 0 fully saturated rings. The number of allylic oxidation sites excluding steroid dienone is 2. The van der Waals surface area contributed by atoms with Gasteiger partial charge in [0.15, 0.2) is 0 Å². The number of aliphatic hydroxyl groups excluding tert-OH is 1. The number of pyridine rings is 1. The number of aromatic nitrogens is 1. The van der Waals surface area contributed by atoms with Gasteiger partial charge in [-0.15, -0.1) is 0 Å². The molecule has 0 aliphatic heterocycles. The van der Waals surface area contributed by atoms with E-state index in [4.69, 9.17) is 0 Å². The minimum absolute atomic E-state index is 0.446. The van der Waals surface area contributed by atoms with Gasteiger partial charge in [0.25, 0.3) is 0 Å². The second kappa shape index (κ2) is 4.65. The summed E-state index contributed by atoms with van der Waals surface area (Å²) in [6.07, 6.45) is 3.23. The maximum atomic E-state index is 9.61. The molecule has 1 aromatic rings. The van der Waals surface area contributed by atoms with E-state index < -0.39 is 0 Å². The molecule has 1 N–H and O–H groups in total. The number of hydrogen-bond acceptors (Lipinski definition) is 2. The molecule has 0 atom stereocenters. The maximum Gasteiger partial charge on any atom is 0.0973 e. The maximum absolute atomic E-state index is 9.61. The molecule has 0 radical (unpaired) electrons. The molecule has 13 heavy (non-hydrogen) atoms. The molecule has 70 valence electrons. The highest BCUT2D eigenvalue weighted by Gasteiger charge is 2.04. The van der Waals surface area contributed by atoms with Gasteiger partial charge in [-0.1, -0.05) is 19.9 Å². The van der Waals surface area contributed by atoms with E-state index in [9.17, 15) is 5.11 Å². The average molecular weight is 177 g/mol. The molecule has 0 saturated carbocycles. The van der Waals surface area contributed by atoms with Gasteiger partial charge < -0.3 is 5.11 Å². The Bertz CT molecular complexity index is 290. The van der Waals surface area contributed by atoms with Crippen molar-refractivity contribution in [2.75, 3.05) is 0 Å².